The summed E-state index contributed by atoms with van der Waals surface area (Å²) in [6.07, 6.45) is 1.08. The molecule has 0 unspecified atom stereocenters. The lowest BCUT2D eigenvalue weighted by molar-refractivity contribution is -0.116. The molecule has 0 fully saturated rings. The van der Waals surface area contributed by atoms with Crippen LogP contribution in [0.1, 0.15) is 105 Å². The average molecular weight is 778 g/mol. The highest BCUT2D eigenvalue weighted by atomic mass is 35.5. The molecule has 0 spiro atoms. The number of thiophene rings is 1. The van der Waals surface area contributed by atoms with Crippen LogP contribution in [0.5, 0.6) is 0 Å². The number of aliphatic imine (C=N–C) groups is 1. The Kier molecular flexibility index (Phi) is 12.1. The first kappa shape index (κ1) is 40.3. The van der Waals surface area contributed by atoms with E-state index in [1.807, 2.05) is 74.7 Å². The quantitative estimate of drug-likeness (QED) is 0.116. The van der Waals surface area contributed by atoms with Gasteiger partial charge in [0.1, 0.15) is 22.5 Å². The van der Waals surface area contributed by atoms with Gasteiger partial charge in [0.2, 0.25) is 5.91 Å². The van der Waals surface area contributed by atoms with Gasteiger partial charge in [0.15, 0.2) is 14.1 Å². The molecular formula is C40H53ClN6O4SSi. The fraction of sp³-hybridized carbons (Fsp3) is 0.475. The van der Waals surface area contributed by atoms with E-state index in [1.54, 1.807) is 11.3 Å². The zero-order chi connectivity index (χ0) is 38.9. The summed E-state index contributed by atoms with van der Waals surface area (Å²) >= 11 is 7.95. The van der Waals surface area contributed by atoms with Crippen LogP contribution in [-0.4, -0.2) is 52.9 Å². The van der Waals surface area contributed by atoms with Crippen LogP contribution >= 0.6 is 22.9 Å². The van der Waals surface area contributed by atoms with E-state index in [0.29, 0.717) is 29.7 Å². The first-order chi connectivity index (χ1) is 24.7. The lowest BCUT2D eigenvalue weighted by Crippen LogP contribution is -2.40. The van der Waals surface area contributed by atoms with Gasteiger partial charge in [0.25, 0.3) is 0 Å². The van der Waals surface area contributed by atoms with Crippen molar-refractivity contribution in [2.75, 3.05) is 11.9 Å². The Morgan fingerprint density at radius 3 is 2.34 bits per heavy atom. The van der Waals surface area contributed by atoms with Gasteiger partial charge in [0.05, 0.1) is 18.7 Å². The van der Waals surface area contributed by atoms with E-state index < -0.39 is 26.1 Å². The third kappa shape index (κ3) is 9.64. The standard InChI is InChI=1S/C40H53ClN6O4SSi/c1-24-25(2)52-37-34(24)35(28-14-17-30(41)18-15-28)44-32(36-46-45-26(3)47(36)37)22-33(48)43-31-19-16-27(13-12-20-42-38(49)51-39(4,5)6)29(21-31)23-50-53(10,11)40(7,8)9/h14-19,21,32H,12-13,20,22-23H2,1-11H3,(H,42,49)(H,43,48)/t32-/m0/s1. The van der Waals surface area contributed by atoms with Crippen LogP contribution in [0, 0.1) is 20.8 Å². The van der Waals surface area contributed by atoms with Gasteiger partial charge >= 0.3 is 6.09 Å². The second-order valence-electron chi connectivity index (χ2n) is 16.2. The van der Waals surface area contributed by atoms with Gasteiger partial charge in [0, 0.05) is 33.3 Å². The molecule has 2 aromatic carbocycles. The second-order valence-corrected chi connectivity index (χ2v) is 22.7. The van der Waals surface area contributed by atoms with Crippen molar-refractivity contribution in [3.63, 3.8) is 0 Å². The molecule has 13 heteroatoms. The number of halogens is 1. The number of carbonyl (C=O) groups excluding carboxylic acids is 2. The Hall–Kier alpha value is -3.84. The minimum atomic E-state index is -2.07. The number of aromatic nitrogens is 3. The van der Waals surface area contributed by atoms with Crippen LogP contribution < -0.4 is 10.6 Å². The molecule has 3 heterocycles. The zero-order valence-corrected chi connectivity index (χ0v) is 35.4. The summed E-state index contributed by atoms with van der Waals surface area (Å²) in [5.41, 5.74) is 6.11. The van der Waals surface area contributed by atoms with E-state index in [9.17, 15) is 9.59 Å². The average Bonchev–Trinajstić information content (AvgIpc) is 3.53. The largest absolute Gasteiger partial charge is 0.444 e. The van der Waals surface area contributed by atoms with Crippen molar-refractivity contribution in [3.8, 4) is 5.00 Å². The lowest BCUT2D eigenvalue weighted by Gasteiger charge is -2.36. The number of rotatable bonds is 11. The summed E-state index contributed by atoms with van der Waals surface area (Å²) in [6, 6.07) is 13.0. The molecule has 1 aliphatic rings. The minimum absolute atomic E-state index is 0.0416. The number of hydrogen-bond acceptors (Lipinski definition) is 8. The van der Waals surface area contributed by atoms with Crippen molar-refractivity contribution < 1.29 is 18.8 Å². The lowest BCUT2D eigenvalue weighted by atomic mass is 9.99. The molecular weight excluding hydrogens is 724 g/mol. The highest BCUT2D eigenvalue weighted by Crippen LogP contribution is 2.40. The molecule has 53 heavy (non-hydrogen) atoms. The molecule has 2 amide bonds. The number of ether oxygens (including phenoxy) is 1. The molecule has 0 radical (unpaired) electrons. The Labute approximate surface area is 323 Å². The molecule has 0 aliphatic carbocycles. The maximum Gasteiger partial charge on any atom is 0.407 e. The van der Waals surface area contributed by atoms with Crippen LogP contribution in [0.4, 0.5) is 10.5 Å². The number of alkyl carbamates (subject to hydrolysis) is 1. The van der Waals surface area contributed by atoms with Gasteiger partial charge in [-0.2, -0.15) is 0 Å². The molecule has 0 saturated heterocycles. The minimum Gasteiger partial charge on any atom is -0.444 e. The Bertz CT molecular complexity index is 2010. The molecule has 2 aromatic heterocycles. The number of benzene rings is 2. The first-order valence-corrected chi connectivity index (χ1v) is 22.2. The molecule has 4 aromatic rings. The molecule has 0 saturated carbocycles. The molecule has 10 nitrogen and oxygen atoms in total. The normalized spacial score (nSPS) is 14.6. The van der Waals surface area contributed by atoms with Crippen LogP contribution in [-0.2, 0) is 27.0 Å². The monoisotopic (exact) mass is 776 g/mol. The Morgan fingerprint density at radius 1 is 0.981 bits per heavy atom. The fourth-order valence-corrected chi connectivity index (χ4v) is 8.15. The number of aryl methyl sites for hydroxylation is 3. The Morgan fingerprint density at radius 2 is 1.68 bits per heavy atom. The summed E-state index contributed by atoms with van der Waals surface area (Å²) < 4.78 is 14.1. The van der Waals surface area contributed by atoms with Crippen molar-refractivity contribution in [2.24, 2.45) is 4.99 Å². The van der Waals surface area contributed by atoms with Crippen molar-refractivity contribution in [1.29, 1.82) is 0 Å². The summed E-state index contributed by atoms with van der Waals surface area (Å²) in [4.78, 5) is 32.5. The number of anilines is 1. The van der Waals surface area contributed by atoms with Gasteiger partial charge in [-0.25, -0.2) is 4.79 Å². The van der Waals surface area contributed by atoms with E-state index in [0.717, 1.165) is 57.2 Å². The molecule has 2 N–H and O–H groups in total. The highest BCUT2D eigenvalue weighted by Gasteiger charge is 2.37. The third-order valence-electron chi connectivity index (χ3n) is 9.91. The number of nitrogens with one attached hydrogen (secondary N) is 2. The SMILES string of the molecule is Cc1sc2c(c1C)C(c1ccc(Cl)cc1)=N[C@@H](CC(=O)Nc1ccc(CCCNC(=O)OC(C)(C)C)c(CO[Si](C)(C)C(C)(C)C)c1)c1nnc(C)n1-2. The maximum atomic E-state index is 13.9. The number of nitrogens with zero attached hydrogens (tertiary/aromatic N) is 4. The number of carbonyl (C=O) groups is 2. The maximum absolute atomic E-state index is 13.9. The molecule has 1 atom stereocenters. The van der Waals surface area contributed by atoms with Crippen molar-refractivity contribution in [2.45, 2.75) is 118 Å². The fourth-order valence-electron chi connectivity index (χ4n) is 5.86. The number of amides is 2. The van der Waals surface area contributed by atoms with E-state index in [1.165, 1.54) is 4.88 Å². The van der Waals surface area contributed by atoms with Gasteiger partial charge in [-0.05, 0) is 113 Å². The van der Waals surface area contributed by atoms with Gasteiger partial charge in [-0.1, -0.05) is 50.6 Å². The number of hydrogen-bond donors (Lipinski definition) is 2. The summed E-state index contributed by atoms with van der Waals surface area (Å²) in [6.45, 7) is 23.7. The van der Waals surface area contributed by atoms with Crippen molar-refractivity contribution in [1.82, 2.24) is 20.1 Å². The van der Waals surface area contributed by atoms with Gasteiger partial charge in [-0.15, -0.1) is 21.5 Å². The first-order valence-electron chi connectivity index (χ1n) is 18.1. The smallest absolute Gasteiger partial charge is 0.407 e. The molecule has 5 rings (SSSR count). The third-order valence-corrected chi connectivity index (χ3v) is 15.8. The van der Waals surface area contributed by atoms with Gasteiger partial charge < -0.3 is 19.8 Å². The van der Waals surface area contributed by atoms with Crippen LogP contribution in [0.15, 0.2) is 47.5 Å². The summed E-state index contributed by atoms with van der Waals surface area (Å²) in [7, 11) is -2.07. The van der Waals surface area contributed by atoms with Gasteiger partial charge in [-0.3, -0.25) is 14.4 Å². The zero-order valence-electron chi connectivity index (χ0n) is 32.9. The Balaban J connectivity index is 1.40. The molecule has 0 bridgehead atoms. The van der Waals surface area contributed by atoms with Crippen LogP contribution in [0.2, 0.25) is 23.2 Å². The molecule has 284 valence electrons. The van der Waals surface area contributed by atoms with E-state index >= 15 is 0 Å². The van der Waals surface area contributed by atoms with Crippen molar-refractivity contribution in [3.05, 3.63) is 91.8 Å². The van der Waals surface area contributed by atoms with Crippen LogP contribution in [0.25, 0.3) is 5.00 Å². The van der Waals surface area contributed by atoms with E-state index in [-0.39, 0.29) is 17.4 Å². The number of fused-ring (bicyclic) bond motifs is 3. The second kappa shape index (κ2) is 15.9. The van der Waals surface area contributed by atoms with E-state index in [4.69, 9.17) is 25.8 Å². The predicted molar refractivity (Wildman–Crippen MR) is 218 cm³/mol. The summed E-state index contributed by atoms with van der Waals surface area (Å²) in [5, 5.41) is 16.7. The van der Waals surface area contributed by atoms with Crippen LogP contribution in [0.3, 0.4) is 0 Å². The molecule has 1 aliphatic heterocycles. The summed E-state index contributed by atoms with van der Waals surface area (Å²) in [5.74, 6) is 1.18. The highest BCUT2D eigenvalue weighted by molar-refractivity contribution is 7.15. The van der Waals surface area contributed by atoms with Crippen molar-refractivity contribution >= 4 is 54.7 Å². The van der Waals surface area contributed by atoms with E-state index in [2.05, 4.69) is 68.5 Å². The predicted octanol–water partition coefficient (Wildman–Crippen LogP) is 9.81. The topological polar surface area (TPSA) is 120 Å².